The van der Waals surface area contributed by atoms with Gasteiger partial charge in [-0.1, -0.05) is 24.3 Å². The summed E-state index contributed by atoms with van der Waals surface area (Å²) in [7, 11) is 0. The van der Waals surface area contributed by atoms with Crippen molar-refractivity contribution < 1.29 is 5.11 Å². The van der Waals surface area contributed by atoms with E-state index in [-0.39, 0.29) is 5.75 Å². The molecule has 20 heavy (non-hydrogen) atoms. The number of rotatable bonds is 3. The number of aromatic hydroxyl groups is 1. The van der Waals surface area contributed by atoms with Crippen LogP contribution in [-0.2, 0) is 6.42 Å². The van der Waals surface area contributed by atoms with Crippen molar-refractivity contribution in [3.8, 4) is 17.0 Å². The second kappa shape index (κ2) is 5.53. The highest BCUT2D eigenvalue weighted by Gasteiger charge is 2.11. The Bertz CT molecular complexity index is 697. The Kier molecular flexibility index (Phi) is 3.42. The van der Waals surface area contributed by atoms with Crippen molar-refractivity contribution in [1.29, 1.82) is 0 Å². The Morgan fingerprint density at radius 1 is 0.900 bits per heavy atom. The van der Waals surface area contributed by atoms with E-state index in [1.54, 1.807) is 18.5 Å². The predicted octanol–water partition coefficient (Wildman–Crippen LogP) is 3.44. The molecule has 0 aliphatic rings. The van der Waals surface area contributed by atoms with Gasteiger partial charge in [0.25, 0.3) is 0 Å². The summed E-state index contributed by atoms with van der Waals surface area (Å²) in [6.45, 7) is 0. The van der Waals surface area contributed by atoms with E-state index in [2.05, 4.69) is 9.97 Å². The lowest BCUT2D eigenvalue weighted by atomic mass is 9.97. The maximum absolute atomic E-state index is 10.2. The van der Waals surface area contributed by atoms with Crippen LogP contribution >= 0.6 is 0 Å². The third-order valence-electron chi connectivity index (χ3n) is 3.17. The largest absolute Gasteiger partial charge is 0.507 e. The SMILES string of the molecule is Oc1cccc(Cc2cccnc2)c1-c1ccccn1. The van der Waals surface area contributed by atoms with E-state index in [0.29, 0.717) is 6.42 Å². The van der Waals surface area contributed by atoms with Gasteiger partial charge in [0.1, 0.15) is 5.75 Å². The van der Waals surface area contributed by atoms with Gasteiger partial charge in [-0.2, -0.15) is 0 Å². The van der Waals surface area contributed by atoms with Crippen LogP contribution in [0.4, 0.5) is 0 Å². The Hall–Kier alpha value is -2.68. The molecule has 0 fully saturated rings. The summed E-state index contributed by atoms with van der Waals surface area (Å²) in [5.41, 5.74) is 3.72. The molecule has 0 saturated heterocycles. The highest BCUT2D eigenvalue weighted by Crippen LogP contribution is 2.32. The van der Waals surface area contributed by atoms with Crippen LogP contribution in [0.2, 0.25) is 0 Å². The third-order valence-corrected chi connectivity index (χ3v) is 3.17. The van der Waals surface area contributed by atoms with Gasteiger partial charge in [-0.3, -0.25) is 9.97 Å². The molecule has 3 rings (SSSR count). The van der Waals surface area contributed by atoms with Crippen molar-refractivity contribution in [3.63, 3.8) is 0 Å². The van der Waals surface area contributed by atoms with E-state index < -0.39 is 0 Å². The molecule has 0 radical (unpaired) electrons. The Morgan fingerprint density at radius 2 is 1.85 bits per heavy atom. The molecule has 2 aromatic heterocycles. The molecule has 98 valence electrons. The lowest BCUT2D eigenvalue weighted by molar-refractivity contribution is 0.476. The highest BCUT2D eigenvalue weighted by atomic mass is 16.3. The monoisotopic (exact) mass is 262 g/mol. The van der Waals surface area contributed by atoms with Gasteiger partial charge in [-0.15, -0.1) is 0 Å². The molecule has 0 aliphatic carbocycles. The molecule has 0 spiro atoms. The molecule has 0 amide bonds. The lowest BCUT2D eigenvalue weighted by Gasteiger charge is -2.11. The first-order valence-electron chi connectivity index (χ1n) is 6.46. The van der Waals surface area contributed by atoms with E-state index in [1.165, 1.54) is 0 Å². The minimum absolute atomic E-state index is 0.255. The zero-order valence-electron chi connectivity index (χ0n) is 10.9. The number of phenolic OH excluding ortho intramolecular Hbond substituents is 1. The number of phenols is 1. The molecule has 0 saturated carbocycles. The van der Waals surface area contributed by atoms with Gasteiger partial charge >= 0.3 is 0 Å². The van der Waals surface area contributed by atoms with Gasteiger partial charge in [-0.05, 0) is 41.8 Å². The zero-order chi connectivity index (χ0) is 13.8. The fourth-order valence-electron chi connectivity index (χ4n) is 2.26. The quantitative estimate of drug-likeness (QED) is 0.786. The molecule has 2 heterocycles. The fourth-order valence-corrected chi connectivity index (χ4v) is 2.26. The molecule has 3 nitrogen and oxygen atoms in total. The normalized spacial score (nSPS) is 10.4. The summed E-state index contributed by atoms with van der Waals surface area (Å²) in [6, 6.07) is 15.2. The highest BCUT2D eigenvalue weighted by molar-refractivity contribution is 5.71. The van der Waals surface area contributed by atoms with Gasteiger partial charge < -0.3 is 5.11 Å². The first kappa shape index (κ1) is 12.4. The Labute approximate surface area is 117 Å². The van der Waals surface area contributed by atoms with Crippen LogP contribution < -0.4 is 0 Å². The third kappa shape index (κ3) is 2.52. The Balaban J connectivity index is 2.06. The van der Waals surface area contributed by atoms with Crippen molar-refractivity contribution in [1.82, 2.24) is 9.97 Å². The summed E-state index contributed by atoms with van der Waals surface area (Å²) in [5.74, 6) is 0.255. The molecule has 0 bridgehead atoms. The molecular formula is C17H14N2O. The average Bonchev–Trinajstić information content (AvgIpc) is 2.49. The van der Waals surface area contributed by atoms with Crippen molar-refractivity contribution in [2.75, 3.05) is 0 Å². The van der Waals surface area contributed by atoms with E-state index in [9.17, 15) is 5.11 Å². The van der Waals surface area contributed by atoms with Crippen LogP contribution in [0.1, 0.15) is 11.1 Å². The minimum Gasteiger partial charge on any atom is -0.507 e. The number of hydrogen-bond donors (Lipinski definition) is 1. The zero-order valence-corrected chi connectivity index (χ0v) is 10.9. The van der Waals surface area contributed by atoms with Crippen LogP contribution in [0.3, 0.4) is 0 Å². The molecule has 3 heteroatoms. The lowest BCUT2D eigenvalue weighted by Crippen LogP contribution is -1.94. The second-order valence-corrected chi connectivity index (χ2v) is 4.56. The number of aromatic nitrogens is 2. The molecule has 1 aromatic carbocycles. The van der Waals surface area contributed by atoms with Crippen LogP contribution in [0.5, 0.6) is 5.75 Å². The maximum atomic E-state index is 10.2. The topological polar surface area (TPSA) is 46.0 Å². The first-order valence-corrected chi connectivity index (χ1v) is 6.46. The minimum atomic E-state index is 0.255. The number of benzene rings is 1. The van der Waals surface area contributed by atoms with Crippen molar-refractivity contribution in [2.45, 2.75) is 6.42 Å². The molecule has 0 atom stereocenters. The number of pyridine rings is 2. The van der Waals surface area contributed by atoms with Crippen LogP contribution in [0.25, 0.3) is 11.3 Å². The van der Waals surface area contributed by atoms with Gasteiger partial charge in [0.05, 0.1) is 5.69 Å². The van der Waals surface area contributed by atoms with E-state index in [4.69, 9.17) is 0 Å². The summed E-state index contributed by atoms with van der Waals surface area (Å²) in [5, 5.41) is 10.2. The summed E-state index contributed by atoms with van der Waals surface area (Å²) < 4.78 is 0. The fraction of sp³-hybridized carbons (Fsp3) is 0.0588. The summed E-state index contributed by atoms with van der Waals surface area (Å²) in [4.78, 5) is 8.46. The van der Waals surface area contributed by atoms with Gasteiger partial charge in [-0.25, -0.2) is 0 Å². The van der Waals surface area contributed by atoms with Crippen LogP contribution in [-0.4, -0.2) is 15.1 Å². The number of hydrogen-bond acceptors (Lipinski definition) is 3. The van der Waals surface area contributed by atoms with Crippen molar-refractivity contribution >= 4 is 0 Å². The Morgan fingerprint density at radius 3 is 2.60 bits per heavy atom. The van der Waals surface area contributed by atoms with E-state index in [0.717, 1.165) is 22.4 Å². The van der Waals surface area contributed by atoms with Crippen molar-refractivity contribution in [2.24, 2.45) is 0 Å². The number of nitrogens with zero attached hydrogens (tertiary/aromatic N) is 2. The van der Waals surface area contributed by atoms with Gasteiger partial charge in [0.15, 0.2) is 0 Å². The van der Waals surface area contributed by atoms with Crippen LogP contribution in [0, 0.1) is 0 Å². The molecular weight excluding hydrogens is 248 g/mol. The first-order chi connectivity index (χ1) is 9.84. The molecule has 3 aromatic rings. The second-order valence-electron chi connectivity index (χ2n) is 4.56. The average molecular weight is 262 g/mol. The molecule has 1 N–H and O–H groups in total. The van der Waals surface area contributed by atoms with E-state index in [1.807, 2.05) is 48.7 Å². The summed E-state index contributed by atoms with van der Waals surface area (Å²) >= 11 is 0. The standard InChI is InChI=1S/C17H14N2O/c20-16-8-3-6-14(11-13-5-4-9-18-12-13)17(16)15-7-1-2-10-19-15/h1-10,12,20H,11H2. The smallest absolute Gasteiger partial charge is 0.125 e. The van der Waals surface area contributed by atoms with Crippen molar-refractivity contribution in [3.05, 3.63) is 78.2 Å². The summed E-state index contributed by atoms with van der Waals surface area (Å²) in [6.07, 6.45) is 6.04. The molecule has 0 unspecified atom stereocenters. The van der Waals surface area contributed by atoms with Gasteiger partial charge in [0.2, 0.25) is 0 Å². The van der Waals surface area contributed by atoms with Gasteiger partial charge in [0, 0.05) is 24.2 Å². The predicted molar refractivity (Wildman–Crippen MR) is 78.4 cm³/mol. The van der Waals surface area contributed by atoms with E-state index >= 15 is 0 Å². The van der Waals surface area contributed by atoms with Crippen LogP contribution in [0.15, 0.2) is 67.1 Å². The molecule has 0 aliphatic heterocycles. The maximum Gasteiger partial charge on any atom is 0.125 e.